The highest BCUT2D eigenvalue weighted by molar-refractivity contribution is 7.08. The van der Waals surface area contributed by atoms with Crippen molar-refractivity contribution in [2.75, 3.05) is 26.2 Å². The predicted octanol–water partition coefficient (Wildman–Crippen LogP) is 1.76. The second-order valence-corrected chi connectivity index (χ2v) is 5.74. The number of carbonyl (C=O) groups excluding carboxylic acids is 1. The lowest BCUT2D eigenvalue weighted by molar-refractivity contribution is -0.143. The Morgan fingerprint density at radius 1 is 1.35 bits per heavy atom. The predicted molar refractivity (Wildman–Crippen MR) is 78.1 cm³/mol. The molecule has 1 N–H and O–H groups in total. The lowest BCUT2D eigenvalue weighted by atomic mass is 10.2. The lowest BCUT2D eigenvalue weighted by Gasteiger charge is -2.26. The smallest absolute Gasteiger partial charge is 0.320 e. The van der Waals surface area contributed by atoms with Crippen LogP contribution in [0.2, 0.25) is 0 Å². The minimum atomic E-state index is -0.773. The molecule has 0 saturated carbocycles. The molecule has 20 heavy (non-hydrogen) atoms. The fourth-order valence-corrected chi connectivity index (χ4v) is 3.24. The van der Waals surface area contributed by atoms with Crippen LogP contribution >= 0.6 is 11.3 Å². The van der Waals surface area contributed by atoms with Gasteiger partial charge in [-0.15, -0.1) is 0 Å². The summed E-state index contributed by atoms with van der Waals surface area (Å²) in [5, 5.41) is 13.0. The Hall–Kier alpha value is -1.40. The third-order valence-corrected chi connectivity index (χ3v) is 4.38. The molecule has 0 radical (unpaired) electrons. The number of nitrogens with zero attached hydrogens (tertiary/aromatic N) is 2. The van der Waals surface area contributed by atoms with E-state index in [0.717, 1.165) is 18.5 Å². The number of amides is 1. The fourth-order valence-electron chi connectivity index (χ4n) is 2.61. The van der Waals surface area contributed by atoms with Gasteiger partial charge in [-0.1, -0.05) is 6.92 Å². The molecule has 1 atom stereocenters. The van der Waals surface area contributed by atoms with Crippen LogP contribution in [0.5, 0.6) is 0 Å². The second kappa shape index (κ2) is 6.85. The van der Waals surface area contributed by atoms with E-state index in [1.807, 2.05) is 33.6 Å². The molecule has 5 nitrogen and oxygen atoms in total. The molecule has 1 fully saturated rings. The van der Waals surface area contributed by atoms with Gasteiger partial charge in [-0.2, -0.15) is 11.3 Å². The van der Waals surface area contributed by atoms with E-state index < -0.39 is 12.0 Å². The van der Waals surface area contributed by atoms with Crippen LogP contribution in [0, 0.1) is 0 Å². The van der Waals surface area contributed by atoms with E-state index in [1.54, 1.807) is 0 Å². The number of thiophene rings is 1. The van der Waals surface area contributed by atoms with Gasteiger partial charge in [-0.25, -0.2) is 0 Å². The average molecular weight is 296 g/mol. The van der Waals surface area contributed by atoms with Crippen LogP contribution in [0.15, 0.2) is 16.8 Å². The van der Waals surface area contributed by atoms with Crippen molar-refractivity contribution in [2.45, 2.75) is 25.8 Å². The number of hydrogen-bond donors (Lipinski definition) is 1. The van der Waals surface area contributed by atoms with Crippen molar-refractivity contribution in [3.8, 4) is 0 Å². The molecule has 1 saturated heterocycles. The van der Waals surface area contributed by atoms with Crippen molar-refractivity contribution in [2.24, 2.45) is 0 Å². The standard InChI is InChI=1S/C14H20N2O3S/c1-2-12(14(18)19)15-5-3-6-16(8-7-15)13(17)11-4-9-20-10-11/h4,9-10,12H,2-3,5-8H2,1H3,(H,18,19). The third-order valence-electron chi connectivity index (χ3n) is 3.70. The van der Waals surface area contributed by atoms with Gasteiger partial charge in [-0.3, -0.25) is 14.5 Å². The van der Waals surface area contributed by atoms with E-state index in [1.165, 1.54) is 11.3 Å². The molecule has 0 spiro atoms. The lowest BCUT2D eigenvalue weighted by Crippen LogP contribution is -2.43. The van der Waals surface area contributed by atoms with Crippen LogP contribution in [0.1, 0.15) is 30.1 Å². The van der Waals surface area contributed by atoms with E-state index in [9.17, 15) is 14.7 Å². The Balaban J connectivity index is 1.98. The Morgan fingerprint density at radius 3 is 2.75 bits per heavy atom. The van der Waals surface area contributed by atoms with Gasteiger partial charge in [0.2, 0.25) is 0 Å². The molecule has 6 heteroatoms. The normalized spacial score (nSPS) is 18.6. The zero-order valence-electron chi connectivity index (χ0n) is 11.6. The number of carboxylic acid groups (broad SMARTS) is 1. The van der Waals surface area contributed by atoms with E-state index in [0.29, 0.717) is 26.1 Å². The van der Waals surface area contributed by atoms with E-state index in [2.05, 4.69) is 0 Å². The van der Waals surface area contributed by atoms with Crippen LogP contribution in [0.3, 0.4) is 0 Å². The molecule has 1 aromatic rings. The highest BCUT2D eigenvalue weighted by atomic mass is 32.1. The topological polar surface area (TPSA) is 60.9 Å². The summed E-state index contributed by atoms with van der Waals surface area (Å²) in [6.07, 6.45) is 1.41. The Labute approximate surface area is 122 Å². The van der Waals surface area contributed by atoms with Crippen molar-refractivity contribution >= 4 is 23.2 Å². The van der Waals surface area contributed by atoms with Gasteiger partial charge >= 0.3 is 5.97 Å². The van der Waals surface area contributed by atoms with Gasteiger partial charge in [0, 0.05) is 31.6 Å². The first-order valence-corrected chi connectivity index (χ1v) is 7.86. The van der Waals surface area contributed by atoms with Crippen molar-refractivity contribution in [3.05, 3.63) is 22.4 Å². The summed E-state index contributed by atoms with van der Waals surface area (Å²) >= 11 is 1.51. The molecule has 1 aliphatic rings. The average Bonchev–Trinajstić information content (AvgIpc) is 2.85. The molecule has 0 bridgehead atoms. The summed E-state index contributed by atoms with van der Waals surface area (Å²) in [6, 6.07) is 1.40. The largest absolute Gasteiger partial charge is 0.480 e. The highest BCUT2D eigenvalue weighted by Crippen LogP contribution is 2.14. The van der Waals surface area contributed by atoms with E-state index >= 15 is 0 Å². The molecule has 0 aliphatic carbocycles. The molecule has 110 valence electrons. The molecular formula is C14H20N2O3S. The molecule has 0 aromatic carbocycles. The Morgan fingerprint density at radius 2 is 2.15 bits per heavy atom. The van der Waals surface area contributed by atoms with Gasteiger partial charge in [0.15, 0.2) is 0 Å². The van der Waals surface area contributed by atoms with Crippen LogP contribution in [0.25, 0.3) is 0 Å². The monoisotopic (exact) mass is 296 g/mol. The summed E-state index contributed by atoms with van der Waals surface area (Å²) in [5.74, 6) is -0.721. The maximum Gasteiger partial charge on any atom is 0.320 e. The zero-order valence-corrected chi connectivity index (χ0v) is 12.4. The van der Waals surface area contributed by atoms with Crippen molar-refractivity contribution in [1.29, 1.82) is 0 Å². The molecular weight excluding hydrogens is 276 g/mol. The number of hydrogen-bond acceptors (Lipinski definition) is 4. The molecule has 1 aromatic heterocycles. The molecule has 1 amide bonds. The van der Waals surface area contributed by atoms with Gasteiger partial charge < -0.3 is 10.0 Å². The quantitative estimate of drug-likeness (QED) is 0.919. The zero-order chi connectivity index (χ0) is 14.5. The maximum absolute atomic E-state index is 12.3. The fraction of sp³-hybridized carbons (Fsp3) is 0.571. The van der Waals surface area contributed by atoms with Crippen molar-refractivity contribution in [1.82, 2.24) is 9.80 Å². The first kappa shape index (κ1) is 15.0. The molecule has 2 heterocycles. The third kappa shape index (κ3) is 3.37. The summed E-state index contributed by atoms with van der Waals surface area (Å²) in [5.41, 5.74) is 0.730. The van der Waals surface area contributed by atoms with Crippen molar-refractivity contribution in [3.63, 3.8) is 0 Å². The molecule has 2 rings (SSSR count). The maximum atomic E-state index is 12.3. The molecule has 1 unspecified atom stereocenters. The van der Waals surface area contributed by atoms with E-state index in [-0.39, 0.29) is 5.91 Å². The number of aliphatic carboxylic acids is 1. The SMILES string of the molecule is CCC(C(=O)O)N1CCCN(C(=O)c2ccsc2)CC1. The molecule has 1 aliphatic heterocycles. The Kier molecular flexibility index (Phi) is 5.14. The number of carboxylic acids is 1. The number of carbonyl (C=O) groups is 2. The minimum Gasteiger partial charge on any atom is -0.480 e. The highest BCUT2D eigenvalue weighted by Gasteiger charge is 2.27. The first-order chi connectivity index (χ1) is 9.63. The summed E-state index contributed by atoms with van der Waals surface area (Å²) in [4.78, 5) is 27.3. The summed E-state index contributed by atoms with van der Waals surface area (Å²) < 4.78 is 0. The summed E-state index contributed by atoms with van der Waals surface area (Å²) in [7, 11) is 0. The minimum absolute atomic E-state index is 0.0523. The number of rotatable bonds is 4. The van der Waals surface area contributed by atoms with Gasteiger partial charge in [0.1, 0.15) is 6.04 Å². The van der Waals surface area contributed by atoms with E-state index in [4.69, 9.17) is 0 Å². The second-order valence-electron chi connectivity index (χ2n) is 4.96. The Bertz CT molecular complexity index is 461. The van der Waals surface area contributed by atoms with Gasteiger partial charge in [0.05, 0.1) is 5.56 Å². The van der Waals surface area contributed by atoms with Gasteiger partial charge in [0.25, 0.3) is 5.91 Å². The van der Waals surface area contributed by atoms with Crippen LogP contribution < -0.4 is 0 Å². The van der Waals surface area contributed by atoms with Crippen LogP contribution in [0.4, 0.5) is 0 Å². The van der Waals surface area contributed by atoms with Crippen LogP contribution in [-0.4, -0.2) is 59.0 Å². The van der Waals surface area contributed by atoms with Crippen LogP contribution in [-0.2, 0) is 4.79 Å². The first-order valence-electron chi connectivity index (χ1n) is 6.91. The van der Waals surface area contributed by atoms with Crippen molar-refractivity contribution < 1.29 is 14.7 Å². The van der Waals surface area contributed by atoms with Gasteiger partial charge in [-0.05, 0) is 24.3 Å². The summed E-state index contributed by atoms with van der Waals surface area (Å²) in [6.45, 7) is 4.54.